The zero-order chi connectivity index (χ0) is 24.5. The third-order valence-corrected chi connectivity index (χ3v) is 9.48. The molecule has 1 aromatic carbocycles. The molecule has 0 bridgehead atoms. The molecule has 35 heavy (non-hydrogen) atoms. The molecule has 0 spiro atoms. The Morgan fingerprint density at radius 3 is 2.69 bits per heavy atom. The minimum absolute atomic E-state index is 0.363. The number of carbonyl (C=O) groups excluding carboxylic acids is 1. The molecule has 1 saturated heterocycles. The summed E-state index contributed by atoms with van der Waals surface area (Å²) in [6, 6.07) is 1.70. The molecule has 1 unspecified atom stereocenters. The first-order valence-electron chi connectivity index (χ1n) is 12.1. The summed E-state index contributed by atoms with van der Waals surface area (Å²) in [4.78, 5) is 19.7. The number of rotatable bonds is 6. The average molecular weight is 511 g/mol. The van der Waals surface area contributed by atoms with Gasteiger partial charge in [-0.25, -0.2) is 18.7 Å². The van der Waals surface area contributed by atoms with Crippen molar-refractivity contribution in [1.29, 1.82) is 5.26 Å². The largest absolute Gasteiger partial charge is 0.331 e. The molecule has 5 rings (SSSR count). The van der Waals surface area contributed by atoms with E-state index in [0.717, 1.165) is 68.6 Å². The van der Waals surface area contributed by atoms with Gasteiger partial charge in [-0.15, -0.1) is 11.3 Å². The second kappa shape index (κ2) is 9.72. The number of carbonyl (C=O) groups is 1. The number of likely N-dealkylation sites (tertiary alicyclic amines) is 1. The molecule has 10 heteroatoms. The maximum absolute atomic E-state index is 13.5. The van der Waals surface area contributed by atoms with Crippen molar-refractivity contribution in [2.24, 2.45) is 4.36 Å². The van der Waals surface area contributed by atoms with Crippen LogP contribution in [0, 0.1) is 11.5 Å². The van der Waals surface area contributed by atoms with Crippen LogP contribution in [0.15, 0.2) is 33.5 Å². The normalized spacial score (nSPS) is 23.0. The Morgan fingerprint density at radius 2 is 2.03 bits per heavy atom. The summed E-state index contributed by atoms with van der Waals surface area (Å²) in [7, 11) is -3.42. The minimum atomic E-state index is -3.42. The summed E-state index contributed by atoms with van der Waals surface area (Å²) >= 11 is 1.61. The van der Waals surface area contributed by atoms with Crippen molar-refractivity contribution in [1.82, 2.24) is 14.6 Å². The quantitative estimate of drug-likeness (QED) is 0.549. The first kappa shape index (κ1) is 24.0. The molecule has 184 valence electrons. The molecule has 8 nitrogen and oxygen atoms in total. The lowest BCUT2D eigenvalue weighted by Crippen LogP contribution is -2.39. The van der Waals surface area contributed by atoms with Crippen molar-refractivity contribution in [3.05, 3.63) is 56.4 Å². The van der Waals surface area contributed by atoms with E-state index in [4.69, 9.17) is 0 Å². The van der Waals surface area contributed by atoms with E-state index in [-0.39, 0.29) is 5.54 Å². The molecule has 2 atom stereocenters. The van der Waals surface area contributed by atoms with Gasteiger partial charge in [-0.3, -0.25) is 4.90 Å². The van der Waals surface area contributed by atoms with Crippen molar-refractivity contribution in [3.8, 4) is 6.19 Å². The average Bonchev–Trinajstić information content (AvgIpc) is 3.61. The highest BCUT2D eigenvalue weighted by atomic mass is 32.2. The van der Waals surface area contributed by atoms with Crippen LogP contribution in [0.4, 0.5) is 10.5 Å². The number of aryl methyl sites for hydroxylation is 2. The van der Waals surface area contributed by atoms with Gasteiger partial charge in [-0.2, -0.15) is 5.26 Å². The van der Waals surface area contributed by atoms with Crippen molar-refractivity contribution < 1.29 is 9.00 Å². The monoisotopic (exact) mass is 510 g/mol. The van der Waals surface area contributed by atoms with Gasteiger partial charge in [-0.1, -0.05) is 16.5 Å². The molecule has 2 heterocycles. The highest BCUT2D eigenvalue weighted by Gasteiger charge is 2.35. The molecular formula is C25H30N6O2S2. The molecule has 2 N–H and O–H groups in total. The van der Waals surface area contributed by atoms with E-state index in [1.807, 2.05) is 11.5 Å². The van der Waals surface area contributed by atoms with E-state index in [9.17, 15) is 14.3 Å². The molecule has 3 aliphatic rings. The van der Waals surface area contributed by atoms with Crippen molar-refractivity contribution in [2.75, 3.05) is 11.9 Å². The summed E-state index contributed by atoms with van der Waals surface area (Å²) in [6.07, 6.45) is 13.2. The predicted molar refractivity (Wildman–Crippen MR) is 138 cm³/mol. The number of fused-ring (bicyclic) bond motifs is 2. The number of hydrogen-bond acceptors (Lipinski definition) is 7. The summed E-state index contributed by atoms with van der Waals surface area (Å²) in [6.45, 7) is 3.68. The summed E-state index contributed by atoms with van der Waals surface area (Å²) in [5.41, 5.74) is 5.49. The van der Waals surface area contributed by atoms with Gasteiger partial charge < -0.3 is 5.32 Å². The number of nitriles is 1. The van der Waals surface area contributed by atoms with Gasteiger partial charge in [0.05, 0.1) is 6.54 Å². The Hall–Kier alpha value is -2.74. The fourth-order valence-corrected chi connectivity index (χ4v) is 7.33. The summed E-state index contributed by atoms with van der Waals surface area (Å²) in [5.74, 6) is 0. The van der Waals surface area contributed by atoms with Crippen LogP contribution in [0.25, 0.3) is 0 Å². The van der Waals surface area contributed by atoms with Gasteiger partial charge in [0.1, 0.15) is 5.01 Å². The van der Waals surface area contributed by atoms with Crippen LogP contribution in [0.2, 0.25) is 0 Å². The Labute approximate surface area is 210 Å². The number of nitrogens with zero attached hydrogens (tertiary/aromatic N) is 4. The van der Waals surface area contributed by atoms with Crippen LogP contribution >= 0.6 is 11.3 Å². The lowest BCUT2D eigenvalue weighted by atomic mass is 9.99. The topological polar surface area (TPSA) is 110 Å². The number of hydrogen-bond donors (Lipinski definition) is 2. The Balaban J connectivity index is 1.35. The highest BCUT2D eigenvalue weighted by molar-refractivity contribution is 7.95. The number of aromatic nitrogens is 1. The Bertz CT molecular complexity index is 1290. The third kappa shape index (κ3) is 4.99. The highest BCUT2D eigenvalue weighted by Crippen LogP contribution is 2.38. The zero-order valence-corrected chi connectivity index (χ0v) is 21.5. The van der Waals surface area contributed by atoms with Crippen LogP contribution in [0.5, 0.6) is 0 Å². The fraction of sp³-hybridized carbons (Fsp3) is 0.480. The first-order chi connectivity index (χ1) is 16.9. The number of thiazole rings is 1. The maximum atomic E-state index is 13.5. The van der Waals surface area contributed by atoms with Gasteiger partial charge in [0.15, 0.2) is 9.92 Å². The fourth-order valence-electron chi connectivity index (χ4n) is 5.61. The number of urea groups is 1. The molecule has 0 saturated carbocycles. The van der Waals surface area contributed by atoms with E-state index in [1.165, 1.54) is 27.7 Å². The summed E-state index contributed by atoms with van der Waals surface area (Å²) in [5, 5.41) is 16.6. The van der Waals surface area contributed by atoms with E-state index in [2.05, 4.69) is 37.3 Å². The smallest absolute Gasteiger partial charge is 0.307 e. The van der Waals surface area contributed by atoms with E-state index >= 15 is 0 Å². The zero-order valence-electron chi connectivity index (χ0n) is 19.9. The van der Waals surface area contributed by atoms with E-state index in [1.54, 1.807) is 23.7 Å². The molecule has 2 aromatic rings. The Morgan fingerprint density at radius 1 is 1.29 bits per heavy atom. The van der Waals surface area contributed by atoms with Crippen molar-refractivity contribution in [2.45, 2.75) is 70.4 Å². The van der Waals surface area contributed by atoms with Crippen molar-refractivity contribution in [3.63, 3.8) is 0 Å². The lowest BCUT2D eigenvalue weighted by Gasteiger charge is -2.32. The van der Waals surface area contributed by atoms with Gasteiger partial charge >= 0.3 is 6.03 Å². The van der Waals surface area contributed by atoms with Crippen LogP contribution in [-0.2, 0) is 42.1 Å². The molecule has 0 radical (unpaired) electrons. The second-order valence-electron chi connectivity index (χ2n) is 9.66. The van der Waals surface area contributed by atoms with Crippen LogP contribution in [0.1, 0.15) is 59.9 Å². The van der Waals surface area contributed by atoms with Crippen molar-refractivity contribution >= 4 is 33.0 Å². The minimum Gasteiger partial charge on any atom is -0.307 e. The Kier molecular flexibility index (Phi) is 6.66. The first-order valence-corrected chi connectivity index (χ1v) is 14.6. The summed E-state index contributed by atoms with van der Waals surface area (Å²) < 4.78 is 19.6. The molecule has 1 aromatic heterocycles. The number of nitrogens with one attached hydrogen (secondary N) is 2. The van der Waals surface area contributed by atoms with E-state index < -0.39 is 15.9 Å². The molecule has 1 fully saturated rings. The van der Waals surface area contributed by atoms with Gasteiger partial charge in [0.25, 0.3) is 0 Å². The number of benzene rings is 1. The third-order valence-electron chi connectivity index (χ3n) is 7.38. The molecule has 2 aliphatic carbocycles. The van der Waals surface area contributed by atoms with Gasteiger partial charge in [-0.05, 0) is 87.1 Å². The maximum Gasteiger partial charge on any atom is 0.331 e. The standard InChI is InChI=1S/C25H30N6O2S2/c1-25(9-4-12-31(25)16-22-27-11-13-34-22)10-14-35(33,28-17-26)30-24(32)29-23-20-7-2-5-18(20)15-19-6-3-8-21(19)23/h10-11,13-15H,2-9,12,16H2,1H3,(H2,28,29,30,32,33)/b14-10+/t25-,35?/m0/s1. The molecule has 2 amide bonds. The predicted octanol–water partition coefficient (Wildman–Crippen LogP) is 4.67. The number of anilines is 1. The molecular weight excluding hydrogens is 480 g/mol. The van der Waals surface area contributed by atoms with Gasteiger partial charge in [0, 0.05) is 28.2 Å². The van der Waals surface area contributed by atoms with Crippen LogP contribution in [-0.4, -0.2) is 32.2 Å². The van der Waals surface area contributed by atoms with E-state index in [0.29, 0.717) is 6.54 Å². The SMILES string of the molecule is C[C@@]1(/C=C/S(=O)(=NC#N)NC(=O)Nc2c3c(cc4c2CCC4)CCC3)CCCN1Cc1nccs1. The van der Waals surface area contributed by atoms with Crippen LogP contribution in [0.3, 0.4) is 0 Å². The van der Waals surface area contributed by atoms with Crippen LogP contribution < -0.4 is 10.0 Å². The lowest BCUT2D eigenvalue weighted by molar-refractivity contribution is 0.194. The second-order valence-corrected chi connectivity index (χ2v) is 12.4. The van der Waals surface area contributed by atoms with Gasteiger partial charge in [0.2, 0.25) is 6.19 Å². The number of amides is 2. The molecule has 1 aliphatic heterocycles.